The minimum atomic E-state index is -0.392. The topological polar surface area (TPSA) is 56.8 Å². The quantitative estimate of drug-likeness (QED) is 0.855. The van der Waals surface area contributed by atoms with Gasteiger partial charge in [-0.3, -0.25) is 4.79 Å². The molecular weight excluding hydrogens is 281 g/mol. The van der Waals surface area contributed by atoms with Gasteiger partial charge in [-0.25, -0.2) is 0 Å². The van der Waals surface area contributed by atoms with Crippen LogP contribution < -0.4 is 15.5 Å². The van der Waals surface area contributed by atoms with Crippen LogP contribution in [0.5, 0.6) is 5.75 Å². The Morgan fingerprint density at radius 1 is 1.23 bits per heavy atom. The molecule has 1 aliphatic heterocycles. The van der Waals surface area contributed by atoms with Crippen LogP contribution in [0.3, 0.4) is 0 Å². The van der Waals surface area contributed by atoms with Crippen molar-refractivity contribution in [3.63, 3.8) is 0 Å². The van der Waals surface area contributed by atoms with Crippen LogP contribution in [-0.2, 0) is 14.1 Å². The summed E-state index contributed by atoms with van der Waals surface area (Å²) in [5, 5.41) is 2.52. The van der Waals surface area contributed by atoms with E-state index in [1.807, 2.05) is 52.8 Å². The Kier molecular flexibility index (Phi) is 4.54. The number of ether oxygens (including phenoxy) is 1. The third-order valence-electron chi connectivity index (χ3n) is 4.36. The first kappa shape index (κ1) is 16.8. The molecule has 0 radical (unpaired) electrons. The van der Waals surface area contributed by atoms with Crippen molar-refractivity contribution in [3.8, 4) is 5.75 Å². The number of aryl methyl sites for hydroxylation is 1. The average Bonchev–Trinajstić information content (AvgIpc) is 2.65. The molecule has 6 heteroatoms. The number of carbonyl (C=O) groups is 1. The maximum Gasteiger partial charge on any atom is 0.494 e. The number of amides is 1. The second-order valence-corrected chi connectivity index (χ2v) is 6.58. The van der Waals surface area contributed by atoms with Gasteiger partial charge in [-0.2, -0.15) is 0 Å². The molecule has 5 nitrogen and oxygen atoms in total. The third kappa shape index (κ3) is 3.28. The maximum absolute atomic E-state index is 11.2. The van der Waals surface area contributed by atoms with E-state index in [1.54, 1.807) is 7.05 Å². The van der Waals surface area contributed by atoms with Gasteiger partial charge in [0.1, 0.15) is 5.75 Å². The number of likely N-dealkylation sites (N-methyl/N-ethyl adjacent to an activating group) is 1. The van der Waals surface area contributed by atoms with Gasteiger partial charge in [-0.05, 0) is 51.7 Å². The average molecular weight is 305 g/mol. The van der Waals surface area contributed by atoms with E-state index >= 15 is 0 Å². The third-order valence-corrected chi connectivity index (χ3v) is 4.36. The summed E-state index contributed by atoms with van der Waals surface area (Å²) in [7, 11) is 1.19. The highest BCUT2D eigenvalue weighted by molar-refractivity contribution is 6.62. The molecule has 1 N–H and O–H groups in total. The van der Waals surface area contributed by atoms with E-state index in [1.165, 1.54) is 0 Å². The van der Waals surface area contributed by atoms with Crippen molar-refractivity contribution < 1.29 is 18.8 Å². The molecule has 1 amide bonds. The van der Waals surface area contributed by atoms with Gasteiger partial charge in [0.2, 0.25) is 0 Å². The van der Waals surface area contributed by atoms with E-state index in [-0.39, 0.29) is 23.7 Å². The van der Waals surface area contributed by atoms with Crippen LogP contribution in [0.4, 0.5) is 0 Å². The summed E-state index contributed by atoms with van der Waals surface area (Å²) in [6.07, 6.45) is 0. The summed E-state index contributed by atoms with van der Waals surface area (Å²) in [5.41, 5.74) is 1.17. The van der Waals surface area contributed by atoms with Crippen LogP contribution in [0.2, 0.25) is 0 Å². The van der Waals surface area contributed by atoms with Crippen LogP contribution in [0.1, 0.15) is 33.3 Å². The largest absolute Gasteiger partial charge is 0.494 e. The molecule has 0 unspecified atom stereocenters. The monoisotopic (exact) mass is 305 g/mol. The van der Waals surface area contributed by atoms with E-state index < -0.39 is 7.12 Å². The smallest absolute Gasteiger partial charge is 0.484 e. The molecule has 1 saturated heterocycles. The zero-order valence-corrected chi connectivity index (χ0v) is 14.1. The first-order valence-corrected chi connectivity index (χ1v) is 7.46. The van der Waals surface area contributed by atoms with Crippen molar-refractivity contribution in [3.05, 3.63) is 23.8 Å². The molecule has 0 aromatic heterocycles. The Bertz CT molecular complexity index is 555. The van der Waals surface area contributed by atoms with Crippen LogP contribution in [-0.4, -0.2) is 37.9 Å². The van der Waals surface area contributed by atoms with Crippen molar-refractivity contribution in [1.82, 2.24) is 5.32 Å². The number of nitrogens with one attached hydrogen (secondary N) is 1. The highest BCUT2D eigenvalue weighted by Crippen LogP contribution is 2.36. The Hall–Kier alpha value is -1.53. The zero-order valence-electron chi connectivity index (χ0n) is 14.1. The lowest BCUT2D eigenvalue weighted by Gasteiger charge is -2.32. The minimum absolute atomic E-state index is 0.00712. The van der Waals surface area contributed by atoms with Gasteiger partial charge in [0.25, 0.3) is 5.91 Å². The second kappa shape index (κ2) is 5.93. The van der Waals surface area contributed by atoms with Gasteiger partial charge in [0.05, 0.1) is 11.2 Å². The Balaban J connectivity index is 2.12. The lowest BCUT2D eigenvalue weighted by Crippen LogP contribution is -2.41. The molecule has 22 heavy (non-hydrogen) atoms. The molecule has 0 atom stereocenters. The molecule has 1 aromatic carbocycles. The SMILES string of the molecule is CNC(=O)COc1ccc(B2OC(C)(C)C(C)(C)O2)cc1C. The van der Waals surface area contributed by atoms with E-state index in [4.69, 9.17) is 14.0 Å². The van der Waals surface area contributed by atoms with Gasteiger partial charge < -0.3 is 19.4 Å². The highest BCUT2D eigenvalue weighted by Gasteiger charge is 2.51. The second-order valence-electron chi connectivity index (χ2n) is 6.58. The fraction of sp³-hybridized carbons (Fsp3) is 0.562. The minimum Gasteiger partial charge on any atom is -0.484 e. The van der Waals surface area contributed by atoms with Crippen molar-refractivity contribution in [2.75, 3.05) is 13.7 Å². The van der Waals surface area contributed by atoms with Gasteiger partial charge in [0, 0.05) is 7.05 Å². The number of benzene rings is 1. The fourth-order valence-electron chi connectivity index (χ4n) is 2.18. The Labute approximate surface area is 132 Å². The van der Waals surface area contributed by atoms with Crippen LogP contribution in [0.15, 0.2) is 18.2 Å². The summed E-state index contributed by atoms with van der Waals surface area (Å²) in [5.74, 6) is 0.526. The van der Waals surface area contributed by atoms with Crippen molar-refractivity contribution in [2.45, 2.75) is 45.8 Å². The first-order valence-electron chi connectivity index (χ1n) is 7.46. The summed E-state index contributed by atoms with van der Waals surface area (Å²) in [6, 6.07) is 5.73. The van der Waals surface area contributed by atoms with Crippen molar-refractivity contribution in [1.29, 1.82) is 0 Å². The van der Waals surface area contributed by atoms with E-state index in [0.29, 0.717) is 5.75 Å². The summed E-state index contributed by atoms with van der Waals surface area (Å²) >= 11 is 0. The molecule has 1 heterocycles. The fourth-order valence-corrected chi connectivity index (χ4v) is 2.18. The number of carbonyl (C=O) groups excluding carboxylic acids is 1. The van der Waals surface area contributed by atoms with Gasteiger partial charge in [0.15, 0.2) is 6.61 Å². The van der Waals surface area contributed by atoms with Gasteiger partial charge in [-0.1, -0.05) is 12.1 Å². The predicted molar refractivity (Wildman–Crippen MR) is 86.5 cm³/mol. The molecule has 0 spiro atoms. The van der Waals surface area contributed by atoms with Crippen LogP contribution >= 0.6 is 0 Å². The van der Waals surface area contributed by atoms with Crippen molar-refractivity contribution >= 4 is 18.5 Å². The number of hydrogen-bond donors (Lipinski definition) is 1. The predicted octanol–water partition coefficient (Wildman–Crippen LogP) is 1.42. The molecule has 0 aliphatic carbocycles. The molecular formula is C16H24BNO4. The number of hydrogen-bond acceptors (Lipinski definition) is 4. The molecule has 2 rings (SSSR count). The lowest BCUT2D eigenvalue weighted by atomic mass is 9.78. The van der Waals surface area contributed by atoms with Crippen molar-refractivity contribution in [2.24, 2.45) is 0 Å². The van der Waals surface area contributed by atoms with E-state index in [2.05, 4.69) is 5.32 Å². The lowest BCUT2D eigenvalue weighted by molar-refractivity contribution is -0.122. The molecule has 1 aromatic rings. The zero-order chi connectivity index (χ0) is 16.5. The maximum atomic E-state index is 11.2. The number of rotatable bonds is 4. The normalized spacial score (nSPS) is 19.1. The summed E-state index contributed by atoms with van der Waals surface area (Å²) < 4.78 is 17.6. The first-order chi connectivity index (χ1) is 10.2. The summed E-state index contributed by atoms with van der Waals surface area (Å²) in [4.78, 5) is 11.2. The molecule has 1 fully saturated rings. The molecule has 0 saturated carbocycles. The van der Waals surface area contributed by atoms with Gasteiger partial charge >= 0.3 is 7.12 Å². The summed E-state index contributed by atoms with van der Waals surface area (Å²) in [6.45, 7) is 10.1. The Morgan fingerprint density at radius 2 is 1.82 bits per heavy atom. The van der Waals surface area contributed by atoms with E-state index in [0.717, 1.165) is 11.0 Å². The van der Waals surface area contributed by atoms with Gasteiger partial charge in [-0.15, -0.1) is 0 Å². The molecule has 0 bridgehead atoms. The van der Waals surface area contributed by atoms with Crippen LogP contribution in [0.25, 0.3) is 0 Å². The highest BCUT2D eigenvalue weighted by atomic mass is 16.7. The van der Waals surface area contributed by atoms with Crippen LogP contribution in [0, 0.1) is 6.92 Å². The Morgan fingerprint density at radius 3 is 2.32 bits per heavy atom. The van der Waals surface area contributed by atoms with E-state index in [9.17, 15) is 4.79 Å². The molecule has 120 valence electrons. The molecule has 1 aliphatic rings. The standard InChI is InChI=1S/C16H24BNO4/c1-11-9-12(7-8-13(11)20-10-14(19)18-6)17-21-15(2,3)16(4,5)22-17/h7-9H,10H2,1-6H3,(H,18,19).